The molecule has 13 heavy (non-hydrogen) atoms. The van der Waals surface area contributed by atoms with Gasteiger partial charge in [-0.3, -0.25) is 4.79 Å². The lowest BCUT2D eigenvalue weighted by atomic mass is 10.1. The molecule has 1 atom stereocenters. The lowest BCUT2D eigenvalue weighted by Crippen LogP contribution is -2.47. The van der Waals surface area contributed by atoms with Gasteiger partial charge in [0.15, 0.2) is 0 Å². The number of alkyl halides is 1. The first-order valence-electron chi connectivity index (χ1n) is 4.61. The van der Waals surface area contributed by atoms with Gasteiger partial charge < -0.3 is 9.64 Å². The first-order valence-corrected chi connectivity index (χ1v) is 5.15. The van der Waals surface area contributed by atoms with Gasteiger partial charge in [0, 0.05) is 19.0 Å². The predicted molar refractivity (Wildman–Crippen MR) is 51.9 cm³/mol. The summed E-state index contributed by atoms with van der Waals surface area (Å²) in [5.41, 5.74) is 0. The third-order valence-corrected chi connectivity index (χ3v) is 2.46. The average Bonchev–Trinajstić information content (AvgIpc) is 2.16. The minimum Gasteiger partial charge on any atom is -0.373 e. The molecule has 1 aliphatic heterocycles. The zero-order chi connectivity index (χ0) is 9.84. The quantitative estimate of drug-likeness (QED) is 0.633. The molecule has 1 unspecified atom stereocenters. The van der Waals surface area contributed by atoms with Crippen molar-refractivity contribution in [2.75, 3.05) is 25.6 Å². The van der Waals surface area contributed by atoms with E-state index < -0.39 is 0 Å². The molecule has 0 spiro atoms. The summed E-state index contributed by atoms with van der Waals surface area (Å²) in [5, 5.41) is 0. The minimum absolute atomic E-state index is 0.0121. The SMILES string of the molecule is CC(C)C(=O)N1CCOC(CCl)C1. The van der Waals surface area contributed by atoms with Crippen LogP contribution >= 0.6 is 11.6 Å². The number of ether oxygens (including phenoxy) is 1. The summed E-state index contributed by atoms with van der Waals surface area (Å²) in [4.78, 5) is 13.4. The standard InChI is InChI=1S/C9H16ClNO2/c1-7(2)9(12)11-3-4-13-8(5-10)6-11/h7-8H,3-6H2,1-2H3. The summed E-state index contributed by atoms with van der Waals surface area (Å²) in [7, 11) is 0. The maximum atomic E-state index is 11.6. The maximum absolute atomic E-state index is 11.6. The molecule has 0 aromatic carbocycles. The Morgan fingerprint density at radius 3 is 2.92 bits per heavy atom. The van der Waals surface area contributed by atoms with Crippen molar-refractivity contribution < 1.29 is 9.53 Å². The van der Waals surface area contributed by atoms with Crippen molar-refractivity contribution >= 4 is 17.5 Å². The van der Waals surface area contributed by atoms with Crippen molar-refractivity contribution in [1.82, 2.24) is 4.90 Å². The first kappa shape index (κ1) is 10.8. The van der Waals surface area contributed by atoms with Gasteiger partial charge >= 0.3 is 0 Å². The van der Waals surface area contributed by atoms with Crippen LogP contribution in [0.1, 0.15) is 13.8 Å². The molecule has 3 nitrogen and oxygen atoms in total. The van der Waals surface area contributed by atoms with Gasteiger partial charge in [0.25, 0.3) is 0 Å². The Kier molecular flexibility index (Phi) is 4.00. The van der Waals surface area contributed by atoms with Crippen molar-refractivity contribution in [1.29, 1.82) is 0 Å². The summed E-state index contributed by atoms with van der Waals surface area (Å²) < 4.78 is 5.36. The predicted octanol–water partition coefficient (Wildman–Crippen LogP) is 1.11. The van der Waals surface area contributed by atoms with E-state index in [9.17, 15) is 4.79 Å². The van der Waals surface area contributed by atoms with E-state index in [-0.39, 0.29) is 17.9 Å². The number of carbonyl (C=O) groups excluding carboxylic acids is 1. The molecule has 1 fully saturated rings. The van der Waals surface area contributed by atoms with E-state index in [0.717, 1.165) is 0 Å². The van der Waals surface area contributed by atoms with Crippen LogP contribution in [0, 0.1) is 5.92 Å². The Bertz CT molecular complexity index is 184. The highest BCUT2D eigenvalue weighted by Gasteiger charge is 2.24. The van der Waals surface area contributed by atoms with Gasteiger partial charge in [-0.1, -0.05) is 13.8 Å². The van der Waals surface area contributed by atoms with Gasteiger partial charge in [0.2, 0.25) is 5.91 Å². The van der Waals surface area contributed by atoms with Crippen LogP contribution in [-0.2, 0) is 9.53 Å². The highest BCUT2D eigenvalue weighted by atomic mass is 35.5. The number of rotatable bonds is 2. The van der Waals surface area contributed by atoms with Crippen LogP contribution in [0.15, 0.2) is 0 Å². The second-order valence-electron chi connectivity index (χ2n) is 3.59. The number of carbonyl (C=O) groups is 1. The van der Waals surface area contributed by atoms with Crippen molar-refractivity contribution in [3.8, 4) is 0 Å². The van der Waals surface area contributed by atoms with Crippen molar-refractivity contribution in [2.24, 2.45) is 5.92 Å². The molecule has 0 aliphatic carbocycles. The number of hydrogen-bond donors (Lipinski definition) is 0. The Hall–Kier alpha value is -0.280. The molecule has 0 aromatic heterocycles. The fourth-order valence-corrected chi connectivity index (χ4v) is 1.56. The summed E-state index contributed by atoms with van der Waals surface area (Å²) in [6.07, 6.45) is 0.0121. The largest absolute Gasteiger partial charge is 0.373 e. The van der Waals surface area contributed by atoms with E-state index in [2.05, 4.69) is 0 Å². The molecule has 0 radical (unpaired) electrons. The van der Waals surface area contributed by atoms with Crippen molar-refractivity contribution in [2.45, 2.75) is 20.0 Å². The van der Waals surface area contributed by atoms with Crippen LogP contribution in [0.25, 0.3) is 0 Å². The first-order chi connectivity index (χ1) is 6.15. The zero-order valence-electron chi connectivity index (χ0n) is 8.12. The lowest BCUT2D eigenvalue weighted by Gasteiger charge is -2.33. The molecule has 0 bridgehead atoms. The Labute approximate surface area is 84.0 Å². The van der Waals surface area contributed by atoms with Crippen molar-refractivity contribution in [3.05, 3.63) is 0 Å². The summed E-state index contributed by atoms with van der Waals surface area (Å²) in [6, 6.07) is 0. The molecule has 1 rings (SSSR count). The van der Waals surface area contributed by atoms with Crippen LogP contribution in [0.2, 0.25) is 0 Å². The number of amides is 1. The average molecular weight is 206 g/mol. The normalized spacial score (nSPS) is 23.7. The number of nitrogens with zero attached hydrogens (tertiary/aromatic N) is 1. The van der Waals surface area contributed by atoms with E-state index in [0.29, 0.717) is 25.6 Å². The van der Waals surface area contributed by atoms with E-state index in [4.69, 9.17) is 16.3 Å². The molecular weight excluding hydrogens is 190 g/mol. The highest BCUT2D eigenvalue weighted by Crippen LogP contribution is 2.10. The zero-order valence-corrected chi connectivity index (χ0v) is 8.88. The van der Waals surface area contributed by atoms with Gasteiger partial charge in [0.05, 0.1) is 18.6 Å². The third kappa shape index (κ3) is 2.85. The van der Waals surface area contributed by atoms with Crippen molar-refractivity contribution in [3.63, 3.8) is 0 Å². The minimum atomic E-state index is 0.0121. The van der Waals surface area contributed by atoms with Gasteiger partial charge in [-0.2, -0.15) is 0 Å². The topological polar surface area (TPSA) is 29.5 Å². The smallest absolute Gasteiger partial charge is 0.225 e. The summed E-state index contributed by atoms with van der Waals surface area (Å²) in [6.45, 7) is 5.77. The van der Waals surface area contributed by atoms with Crippen LogP contribution < -0.4 is 0 Å². The molecule has 1 heterocycles. The molecule has 76 valence electrons. The summed E-state index contributed by atoms with van der Waals surface area (Å²) in [5.74, 6) is 0.717. The van der Waals surface area contributed by atoms with E-state index in [1.807, 2.05) is 18.7 Å². The van der Waals surface area contributed by atoms with Crippen LogP contribution in [0.4, 0.5) is 0 Å². The second-order valence-corrected chi connectivity index (χ2v) is 3.89. The summed E-state index contributed by atoms with van der Waals surface area (Å²) >= 11 is 5.67. The van der Waals surface area contributed by atoms with Gasteiger partial charge in [-0.15, -0.1) is 11.6 Å². The third-order valence-electron chi connectivity index (χ3n) is 2.12. The number of hydrogen-bond acceptors (Lipinski definition) is 2. The molecule has 4 heteroatoms. The molecule has 0 aromatic rings. The lowest BCUT2D eigenvalue weighted by molar-refractivity contribution is -0.141. The molecule has 1 aliphatic rings. The monoisotopic (exact) mass is 205 g/mol. The van der Waals surface area contributed by atoms with Gasteiger partial charge in [-0.05, 0) is 0 Å². The van der Waals surface area contributed by atoms with Crippen LogP contribution in [0.5, 0.6) is 0 Å². The number of halogens is 1. The molecule has 0 N–H and O–H groups in total. The molecule has 1 saturated heterocycles. The highest BCUT2D eigenvalue weighted by molar-refractivity contribution is 6.18. The number of morpholine rings is 1. The Morgan fingerprint density at radius 2 is 2.38 bits per heavy atom. The van der Waals surface area contributed by atoms with Gasteiger partial charge in [-0.25, -0.2) is 0 Å². The van der Waals surface area contributed by atoms with Crippen LogP contribution in [0.3, 0.4) is 0 Å². The fourth-order valence-electron chi connectivity index (χ4n) is 1.38. The van der Waals surface area contributed by atoms with E-state index in [1.165, 1.54) is 0 Å². The van der Waals surface area contributed by atoms with Crippen LogP contribution in [-0.4, -0.2) is 42.5 Å². The van der Waals surface area contributed by atoms with E-state index >= 15 is 0 Å². The Balaban J connectivity index is 2.46. The fraction of sp³-hybridized carbons (Fsp3) is 0.889. The molecule has 0 saturated carbocycles. The molecule has 1 amide bonds. The second kappa shape index (κ2) is 4.82. The molecular formula is C9H16ClNO2. The Morgan fingerprint density at radius 1 is 1.69 bits per heavy atom. The maximum Gasteiger partial charge on any atom is 0.225 e. The van der Waals surface area contributed by atoms with Gasteiger partial charge in [0.1, 0.15) is 0 Å². The van der Waals surface area contributed by atoms with E-state index in [1.54, 1.807) is 0 Å².